The Morgan fingerprint density at radius 3 is 2.42 bits per heavy atom. The van der Waals surface area contributed by atoms with Crippen LogP contribution < -0.4 is 11.2 Å². The number of carbonyl (C=O) groups excluding carboxylic acids is 5. The van der Waals surface area contributed by atoms with Crippen LogP contribution in [0.25, 0.3) is 0 Å². The number of allylic oxidation sites excluding steroid dienone is 3. The number of hydrazine groups is 1. The molecular weight excluding hydrogens is 726 g/mol. The van der Waals surface area contributed by atoms with Crippen molar-refractivity contribution in [1.29, 1.82) is 0 Å². The fourth-order valence-electron chi connectivity index (χ4n) is 8.51. The van der Waals surface area contributed by atoms with Crippen molar-refractivity contribution in [3.63, 3.8) is 0 Å². The van der Waals surface area contributed by atoms with Gasteiger partial charge in [0.2, 0.25) is 11.8 Å². The summed E-state index contributed by atoms with van der Waals surface area (Å²) >= 11 is 12.5. The molecular formula is C36H28Cl2F3N5O6. The Balaban J connectivity index is 1.47. The predicted molar refractivity (Wildman–Crippen MR) is 180 cm³/mol. The first-order chi connectivity index (χ1) is 24.6. The molecule has 4 aliphatic rings. The average Bonchev–Trinajstić information content (AvgIpc) is 3.47. The number of imide groups is 4. The normalized spacial score (nSPS) is 26.9. The number of amides is 6. The van der Waals surface area contributed by atoms with Gasteiger partial charge in [-0.25, -0.2) is 9.78 Å². The summed E-state index contributed by atoms with van der Waals surface area (Å²) in [6.45, 7) is 3.76. The van der Waals surface area contributed by atoms with Crippen molar-refractivity contribution in [2.24, 2.45) is 29.4 Å². The lowest BCUT2D eigenvalue weighted by Gasteiger charge is -2.50. The number of phenolic OH excluding ortho intramolecular Hbond substituents is 1. The first-order valence-corrected chi connectivity index (χ1v) is 16.8. The van der Waals surface area contributed by atoms with E-state index in [1.54, 1.807) is 42.5 Å². The number of hydrogen-bond acceptors (Lipinski definition) is 8. The summed E-state index contributed by atoms with van der Waals surface area (Å²) < 4.78 is 40.2. The van der Waals surface area contributed by atoms with Gasteiger partial charge in [-0.3, -0.25) is 24.6 Å². The van der Waals surface area contributed by atoms with Gasteiger partial charge in [0.05, 0.1) is 33.8 Å². The number of hydrogen-bond donors (Lipinski definition) is 3. The van der Waals surface area contributed by atoms with E-state index >= 15 is 4.79 Å². The molecule has 7 rings (SSSR count). The van der Waals surface area contributed by atoms with Crippen LogP contribution in [0.2, 0.25) is 10.0 Å². The van der Waals surface area contributed by atoms with Crippen molar-refractivity contribution < 1.29 is 42.3 Å². The molecule has 0 radical (unpaired) electrons. The largest absolute Gasteiger partial charge is 0.507 e. The van der Waals surface area contributed by atoms with Gasteiger partial charge in [0.1, 0.15) is 5.75 Å². The maximum Gasteiger partial charge on any atom is 0.417 e. The van der Waals surface area contributed by atoms with Crippen LogP contribution in [0, 0.1) is 23.7 Å². The highest BCUT2D eigenvalue weighted by atomic mass is 35.5. The fraction of sp³-hybridized carbons (Fsp3) is 0.278. The molecule has 6 atom stereocenters. The number of primary amides is 1. The molecule has 1 saturated carbocycles. The van der Waals surface area contributed by atoms with Crippen LogP contribution in [0.3, 0.4) is 0 Å². The summed E-state index contributed by atoms with van der Waals surface area (Å²) in [4.78, 5) is 73.4. The first-order valence-electron chi connectivity index (χ1n) is 16.1. The number of anilines is 1. The SMILES string of the molecule is C=CCc1cccc([C@H]2C3=CC[C@@H]4C(=O)N(C(N)=O)C(=O)[C@@H]4[C@@H]3C[C@H]3C(=O)N(Nc4ncc(C(F)(F)F)cc4Cl)C(=O)[C@@]23c2ccc(Cl)cc2)c1O. The van der Waals surface area contributed by atoms with Crippen LogP contribution >= 0.6 is 23.2 Å². The third kappa shape index (κ3) is 5.10. The van der Waals surface area contributed by atoms with E-state index in [2.05, 4.69) is 17.0 Å². The molecule has 16 heteroatoms. The summed E-state index contributed by atoms with van der Waals surface area (Å²) in [5.74, 6) is -9.38. The van der Waals surface area contributed by atoms with Crippen molar-refractivity contribution >= 4 is 58.7 Å². The molecule has 3 aromatic rings. The maximum absolute atomic E-state index is 15.2. The quantitative estimate of drug-likeness (QED) is 0.207. The van der Waals surface area contributed by atoms with Gasteiger partial charge in [-0.2, -0.15) is 23.1 Å². The zero-order chi connectivity index (χ0) is 37.4. The van der Waals surface area contributed by atoms with Crippen LogP contribution in [-0.4, -0.2) is 49.7 Å². The molecule has 4 N–H and O–H groups in total. The zero-order valence-electron chi connectivity index (χ0n) is 26.9. The molecule has 0 bridgehead atoms. The number of aromatic nitrogens is 1. The number of likely N-dealkylation sites (tertiary alicyclic amines) is 1. The van der Waals surface area contributed by atoms with Gasteiger partial charge in [0, 0.05) is 22.7 Å². The summed E-state index contributed by atoms with van der Waals surface area (Å²) in [6.07, 6.45) is -0.949. The van der Waals surface area contributed by atoms with Gasteiger partial charge in [-0.1, -0.05) is 71.3 Å². The minimum absolute atomic E-state index is 0.00892. The van der Waals surface area contributed by atoms with Gasteiger partial charge in [-0.05, 0) is 54.5 Å². The number of benzene rings is 2. The molecule has 0 unspecified atom stereocenters. The first kappa shape index (κ1) is 35.2. The second kappa shape index (κ2) is 12.5. The van der Waals surface area contributed by atoms with Crippen molar-refractivity contribution in [3.8, 4) is 5.75 Å². The number of carbonyl (C=O) groups is 5. The zero-order valence-corrected chi connectivity index (χ0v) is 28.4. The topological polar surface area (TPSA) is 163 Å². The molecule has 52 heavy (non-hydrogen) atoms. The molecule has 3 fully saturated rings. The number of phenols is 1. The lowest BCUT2D eigenvalue weighted by molar-refractivity contribution is -0.140. The maximum atomic E-state index is 15.2. The standard InChI is InChI=1S/C36H28Cl2F3N5O6/c1-2-4-16-5-3-6-22(28(16)47)27-20-11-12-21-26(32(50)45(30(21)48)34(42)52)23(20)14-24-31(49)46(33(51)35(24,27)17-7-9-19(37)10-8-17)44-29-25(38)13-18(15-43-29)36(39,40)41/h2-3,5-11,13,15,21,23-24,26-27,47H,1,4,12,14H2,(H2,42,52)(H,43,44)/t21-,23+,24-,26-,27+,35+/m0/s1. The van der Waals surface area contributed by atoms with Crippen molar-refractivity contribution in [3.05, 3.63) is 111 Å². The van der Waals surface area contributed by atoms with Gasteiger partial charge >= 0.3 is 12.2 Å². The molecule has 1 aromatic heterocycles. The second-order valence-corrected chi connectivity index (χ2v) is 14.0. The van der Waals surface area contributed by atoms with E-state index in [9.17, 15) is 37.5 Å². The minimum atomic E-state index is -4.78. The number of aromatic hydroxyl groups is 1. The lowest BCUT2D eigenvalue weighted by Crippen LogP contribution is -2.53. The molecule has 3 heterocycles. The van der Waals surface area contributed by atoms with E-state index in [0.717, 1.165) is 0 Å². The molecule has 11 nitrogen and oxygen atoms in total. The third-order valence-electron chi connectivity index (χ3n) is 10.6. The number of urea groups is 1. The molecule has 2 aromatic carbocycles. The van der Waals surface area contributed by atoms with E-state index < -0.39 is 87.2 Å². The number of para-hydroxylation sites is 1. The molecule has 268 valence electrons. The van der Waals surface area contributed by atoms with Crippen LogP contribution in [0.5, 0.6) is 5.75 Å². The smallest absolute Gasteiger partial charge is 0.417 e. The number of alkyl halides is 3. The number of nitrogens with zero attached hydrogens (tertiary/aromatic N) is 3. The molecule has 0 spiro atoms. The number of pyridine rings is 1. The molecule has 2 aliphatic carbocycles. The Kier molecular flexibility index (Phi) is 8.45. The highest BCUT2D eigenvalue weighted by Gasteiger charge is 2.71. The molecule has 6 amide bonds. The van der Waals surface area contributed by atoms with Gasteiger partial charge in [0.15, 0.2) is 5.82 Å². The van der Waals surface area contributed by atoms with Crippen LogP contribution in [0.4, 0.5) is 23.8 Å². The molecule has 2 aliphatic heterocycles. The van der Waals surface area contributed by atoms with E-state index in [1.807, 2.05) is 0 Å². The minimum Gasteiger partial charge on any atom is -0.507 e. The van der Waals surface area contributed by atoms with E-state index in [1.165, 1.54) is 12.1 Å². The summed E-state index contributed by atoms with van der Waals surface area (Å²) in [5, 5.41) is 12.3. The number of halogens is 5. The van der Waals surface area contributed by atoms with Gasteiger partial charge in [-0.15, -0.1) is 6.58 Å². The van der Waals surface area contributed by atoms with Crippen molar-refractivity contribution in [2.45, 2.75) is 36.8 Å². The Labute approximate surface area is 303 Å². The summed E-state index contributed by atoms with van der Waals surface area (Å²) in [7, 11) is 0. The fourth-order valence-corrected chi connectivity index (χ4v) is 8.84. The third-order valence-corrected chi connectivity index (χ3v) is 11.1. The number of rotatable bonds is 6. The highest BCUT2D eigenvalue weighted by molar-refractivity contribution is 6.33. The monoisotopic (exact) mass is 753 g/mol. The highest BCUT2D eigenvalue weighted by Crippen LogP contribution is 2.65. The molecule has 2 saturated heterocycles. The second-order valence-electron chi connectivity index (χ2n) is 13.1. The Hall–Kier alpha value is -5.21. The van der Waals surface area contributed by atoms with Crippen molar-refractivity contribution in [1.82, 2.24) is 14.9 Å². The summed E-state index contributed by atoms with van der Waals surface area (Å²) in [6, 6.07) is 10.5. The van der Waals surface area contributed by atoms with E-state index in [4.69, 9.17) is 28.9 Å². The number of fused-ring (bicyclic) bond motifs is 4. The predicted octanol–water partition coefficient (Wildman–Crippen LogP) is 5.90. The Morgan fingerprint density at radius 1 is 1.08 bits per heavy atom. The summed E-state index contributed by atoms with van der Waals surface area (Å²) in [5.41, 5.74) is 6.43. The Morgan fingerprint density at radius 2 is 1.79 bits per heavy atom. The van der Waals surface area contributed by atoms with E-state index in [-0.39, 0.29) is 30.6 Å². The lowest BCUT2D eigenvalue weighted by atomic mass is 9.49. The van der Waals surface area contributed by atoms with Crippen LogP contribution in [0.15, 0.2) is 79.0 Å². The number of nitrogens with two attached hydrogens (primary N) is 1. The van der Waals surface area contributed by atoms with Crippen LogP contribution in [0.1, 0.15) is 41.0 Å². The van der Waals surface area contributed by atoms with Gasteiger partial charge < -0.3 is 10.8 Å². The van der Waals surface area contributed by atoms with E-state index in [0.29, 0.717) is 43.9 Å². The number of nitrogens with one attached hydrogen (secondary N) is 1. The van der Waals surface area contributed by atoms with Crippen molar-refractivity contribution in [2.75, 3.05) is 5.43 Å². The Bertz CT molecular complexity index is 2130. The van der Waals surface area contributed by atoms with Gasteiger partial charge in [0.25, 0.3) is 11.8 Å². The average molecular weight is 755 g/mol. The van der Waals surface area contributed by atoms with Crippen LogP contribution in [-0.2, 0) is 37.2 Å².